The zero-order valence-corrected chi connectivity index (χ0v) is 11.5. The van der Waals surface area contributed by atoms with Gasteiger partial charge in [-0.2, -0.15) is 0 Å². The first-order valence-electron chi connectivity index (χ1n) is 6.09. The summed E-state index contributed by atoms with van der Waals surface area (Å²) >= 11 is 0. The van der Waals surface area contributed by atoms with Crippen LogP contribution in [0.15, 0.2) is 18.2 Å². The number of hydrogen-bond acceptors (Lipinski definition) is 3. The molecule has 1 aromatic rings. The Morgan fingerprint density at radius 1 is 1.53 bits per heavy atom. The van der Waals surface area contributed by atoms with Gasteiger partial charge in [-0.15, -0.1) is 12.4 Å². The molecule has 3 N–H and O–H groups in total. The van der Waals surface area contributed by atoms with Crippen LogP contribution in [0.1, 0.15) is 26.2 Å². The highest BCUT2D eigenvalue weighted by Crippen LogP contribution is 2.28. The van der Waals surface area contributed by atoms with Gasteiger partial charge in [-0.05, 0) is 38.3 Å². The Bertz CT molecular complexity index is 450. The molecule has 1 aromatic carbocycles. The molecular formula is C13H18ClFN2O2. The van der Waals surface area contributed by atoms with Gasteiger partial charge in [0.1, 0.15) is 0 Å². The van der Waals surface area contributed by atoms with Crippen molar-refractivity contribution in [2.45, 2.75) is 38.3 Å². The molecule has 1 aliphatic rings. The molecule has 1 saturated carbocycles. The standard InChI is InChI=1S/C13H17FN2O2.ClH/c1-8(15)13(17)16-9-5-6-12(11(14)7-9)18-10-3-2-4-10;/h5-8,10H,2-4,15H2,1H3,(H,16,17);1H/t8-;/m0./s1. The lowest BCUT2D eigenvalue weighted by atomic mass is 9.96. The van der Waals surface area contributed by atoms with E-state index in [0.717, 1.165) is 19.3 Å². The van der Waals surface area contributed by atoms with E-state index in [4.69, 9.17) is 10.5 Å². The highest BCUT2D eigenvalue weighted by molar-refractivity contribution is 5.94. The third-order valence-corrected chi connectivity index (χ3v) is 2.96. The van der Waals surface area contributed by atoms with E-state index in [1.165, 1.54) is 12.1 Å². The Morgan fingerprint density at radius 3 is 2.68 bits per heavy atom. The second kappa shape index (κ2) is 6.73. The second-order valence-electron chi connectivity index (χ2n) is 4.59. The third kappa shape index (κ3) is 4.08. The van der Waals surface area contributed by atoms with Gasteiger partial charge >= 0.3 is 0 Å². The number of nitrogens with one attached hydrogen (secondary N) is 1. The van der Waals surface area contributed by atoms with Crippen LogP contribution < -0.4 is 15.8 Å². The van der Waals surface area contributed by atoms with Gasteiger partial charge in [0.25, 0.3) is 0 Å². The predicted octanol–water partition coefficient (Wildman–Crippen LogP) is 2.46. The average molecular weight is 289 g/mol. The molecule has 1 amide bonds. The molecule has 0 radical (unpaired) electrons. The molecule has 0 heterocycles. The number of rotatable bonds is 4. The fourth-order valence-corrected chi connectivity index (χ4v) is 1.60. The highest BCUT2D eigenvalue weighted by atomic mass is 35.5. The Morgan fingerprint density at radius 2 is 2.21 bits per heavy atom. The monoisotopic (exact) mass is 288 g/mol. The van der Waals surface area contributed by atoms with Gasteiger partial charge in [-0.25, -0.2) is 4.39 Å². The SMILES string of the molecule is C[C@H](N)C(=O)Nc1ccc(OC2CCC2)c(F)c1.Cl. The van der Waals surface area contributed by atoms with Crippen molar-refractivity contribution in [2.24, 2.45) is 5.73 Å². The Kier molecular flexibility index (Phi) is 5.57. The molecule has 6 heteroatoms. The van der Waals surface area contributed by atoms with Gasteiger partial charge < -0.3 is 15.8 Å². The molecule has 1 aliphatic carbocycles. The zero-order valence-electron chi connectivity index (χ0n) is 10.7. The van der Waals surface area contributed by atoms with Crippen LogP contribution in [-0.4, -0.2) is 18.1 Å². The van der Waals surface area contributed by atoms with Crippen LogP contribution in [0.5, 0.6) is 5.75 Å². The van der Waals surface area contributed by atoms with E-state index in [1.54, 1.807) is 13.0 Å². The molecule has 0 bridgehead atoms. The van der Waals surface area contributed by atoms with Crippen LogP contribution >= 0.6 is 12.4 Å². The summed E-state index contributed by atoms with van der Waals surface area (Å²) in [6, 6.07) is 3.76. The van der Waals surface area contributed by atoms with Gasteiger partial charge in [-0.1, -0.05) is 0 Å². The third-order valence-electron chi connectivity index (χ3n) is 2.96. The Balaban J connectivity index is 0.00000180. The summed E-state index contributed by atoms with van der Waals surface area (Å²) in [5, 5.41) is 2.53. The maximum atomic E-state index is 13.7. The number of halogens is 2. The number of nitrogens with two attached hydrogens (primary N) is 1. The lowest BCUT2D eigenvalue weighted by Crippen LogP contribution is -2.32. The number of carbonyl (C=O) groups excluding carboxylic acids is 1. The lowest BCUT2D eigenvalue weighted by Gasteiger charge is -2.26. The molecule has 0 unspecified atom stereocenters. The van der Waals surface area contributed by atoms with Crippen LogP contribution in [0.2, 0.25) is 0 Å². The smallest absolute Gasteiger partial charge is 0.241 e. The zero-order chi connectivity index (χ0) is 13.1. The molecule has 0 spiro atoms. The van der Waals surface area contributed by atoms with E-state index in [9.17, 15) is 9.18 Å². The molecule has 19 heavy (non-hydrogen) atoms. The highest BCUT2D eigenvalue weighted by Gasteiger charge is 2.20. The van der Waals surface area contributed by atoms with Crippen LogP contribution in [0.25, 0.3) is 0 Å². The number of ether oxygens (including phenoxy) is 1. The molecular weight excluding hydrogens is 271 g/mol. The molecule has 106 valence electrons. The van der Waals surface area contributed by atoms with E-state index in [1.807, 2.05) is 0 Å². The molecule has 0 aliphatic heterocycles. The lowest BCUT2D eigenvalue weighted by molar-refractivity contribution is -0.117. The summed E-state index contributed by atoms with van der Waals surface area (Å²) in [5.74, 6) is -0.579. The van der Waals surface area contributed by atoms with Crippen LogP contribution in [0.4, 0.5) is 10.1 Å². The van der Waals surface area contributed by atoms with E-state index >= 15 is 0 Å². The van der Waals surface area contributed by atoms with Crippen LogP contribution in [0, 0.1) is 5.82 Å². The first-order valence-corrected chi connectivity index (χ1v) is 6.09. The van der Waals surface area contributed by atoms with Gasteiger partial charge in [0.2, 0.25) is 5.91 Å². The van der Waals surface area contributed by atoms with Crippen molar-refractivity contribution in [1.29, 1.82) is 0 Å². The number of amides is 1. The summed E-state index contributed by atoms with van der Waals surface area (Å²) in [5.41, 5.74) is 5.80. The summed E-state index contributed by atoms with van der Waals surface area (Å²) < 4.78 is 19.2. The molecule has 4 nitrogen and oxygen atoms in total. The average Bonchev–Trinajstić information content (AvgIpc) is 2.25. The van der Waals surface area contributed by atoms with E-state index in [0.29, 0.717) is 5.69 Å². The summed E-state index contributed by atoms with van der Waals surface area (Å²) in [7, 11) is 0. The summed E-state index contributed by atoms with van der Waals surface area (Å²) in [6.07, 6.45) is 3.21. The number of hydrogen-bond donors (Lipinski definition) is 2. The van der Waals surface area contributed by atoms with E-state index < -0.39 is 11.9 Å². The maximum absolute atomic E-state index is 13.7. The van der Waals surface area contributed by atoms with Crippen LogP contribution in [-0.2, 0) is 4.79 Å². The molecule has 2 rings (SSSR count). The van der Waals surface area contributed by atoms with Crippen molar-refractivity contribution < 1.29 is 13.9 Å². The fraction of sp³-hybridized carbons (Fsp3) is 0.462. The van der Waals surface area contributed by atoms with Crippen molar-refractivity contribution in [2.75, 3.05) is 5.32 Å². The minimum Gasteiger partial charge on any atom is -0.487 e. The van der Waals surface area contributed by atoms with Crippen molar-refractivity contribution in [1.82, 2.24) is 0 Å². The maximum Gasteiger partial charge on any atom is 0.241 e. The van der Waals surface area contributed by atoms with Crippen molar-refractivity contribution in [3.05, 3.63) is 24.0 Å². The number of benzene rings is 1. The Hall–Kier alpha value is -1.33. The van der Waals surface area contributed by atoms with Gasteiger partial charge in [-0.3, -0.25) is 4.79 Å². The summed E-state index contributed by atoms with van der Waals surface area (Å²) in [6.45, 7) is 1.57. The minimum atomic E-state index is -0.626. The fourth-order valence-electron chi connectivity index (χ4n) is 1.60. The van der Waals surface area contributed by atoms with E-state index in [-0.39, 0.29) is 30.2 Å². The molecule has 0 aromatic heterocycles. The van der Waals surface area contributed by atoms with Crippen LogP contribution in [0.3, 0.4) is 0 Å². The van der Waals surface area contributed by atoms with E-state index in [2.05, 4.69) is 5.32 Å². The molecule has 0 saturated heterocycles. The van der Waals surface area contributed by atoms with Crippen molar-refractivity contribution in [3.63, 3.8) is 0 Å². The number of anilines is 1. The quantitative estimate of drug-likeness (QED) is 0.894. The molecule has 1 atom stereocenters. The number of carbonyl (C=O) groups is 1. The largest absolute Gasteiger partial charge is 0.487 e. The second-order valence-corrected chi connectivity index (χ2v) is 4.59. The predicted molar refractivity (Wildman–Crippen MR) is 74.2 cm³/mol. The van der Waals surface area contributed by atoms with Gasteiger partial charge in [0.15, 0.2) is 11.6 Å². The summed E-state index contributed by atoms with van der Waals surface area (Å²) in [4.78, 5) is 11.4. The Labute approximate surface area is 117 Å². The minimum absolute atomic E-state index is 0. The topological polar surface area (TPSA) is 64.4 Å². The van der Waals surface area contributed by atoms with Crippen molar-refractivity contribution in [3.8, 4) is 5.75 Å². The van der Waals surface area contributed by atoms with Gasteiger partial charge in [0, 0.05) is 11.8 Å². The van der Waals surface area contributed by atoms with Gasteiger partial charge in [0.05, 0.1) is 12.1 Å². The normalized spacial score (nSPS) is 15.9. The first kappa shape index (κ1) is 15.7. The first-order chi connectivity index (χ1) is 8.56. The molecule has 1 fully saturated rings. The van der Waals surface area contributed by atoms with Crippen molar-refractivity contribution >= 4 is 24.0 Å².